The number of fused-ring (bicyclic) bond motifs is 4. The van der Waals surface area contributed by atoms with Crippen LogP contribution in [0.3, 0.4) is 0 Å². The number of aromatic nitrogens is 3. The van der Waals surface area contributed by atoms with Crippen LogP contribution in [0, 0.1) is 5.92 Å². The van der Waals surface area contributed by atoms with Crippen molar-refractivity contribution in [1.82, 2.24) is 19.9 Å². The fourth-order valence-corrected chi connectivity index (χ4v) is 5.73. The molecule has 3 aromatic rings. The monoisotopic (exact) mass is 415 g/mol. The predicted octanol–water partition coefficient (Wildman–Crippen LogP) is 3.63. The molecule has 0 saturated carbocycles. The molecule has 2 aliphatic carbocycles. The third-order valence-electron chi connectivity index (χ3n) is 7.41. The van der Waals surface area contributed by atoms with Gasteiger partial charge in [0.25, 0.3) is 0 Å². The molecule has 1 saturated heterocycles. The molecule has 1 atom stereocenters. The maximum atomic E-state index is 13.0. The lowest BCUT2D eigenvalue weighted by molar-refractivity contribution is -0.126. The number of carbonyl (C=O) groups is 1. The standard InChI is InChI=1S/C25H29N5O/c31-25(27-21-10-9-17-5-1-2-6-19(17)21)18-11-14-29(15-12-18)24-23-20-7-3-4-8-22(20)28-30(23)16-13-26-24/h1-2,5-6,13,16,18,21H,3-4,7-12,14-15H2,(H,27,31). The number of hydrogen-bond acceptors (Lipinski definition) is 4. The van der Waals surface area contributed by atoms with Gasteiger partial charge in [-0.25, -0.2) is 9.50 Å². The fourth-order valence-electron chi connectivity index (χ4n) is 5.73. The van der Waals surface area contributed by atoms with Gasteiger partial charge in [-0.3, -0.25) is 4.79 Å². The average Bonchev–Trinajstić information content (AvgIpc) is 3.40. The number of benzene rings is 1. The summed E-state index contributed by atoms with van der Waals surface area (Å²) >= 11 is 0. The van der Waals surface area contributed by atoms with E-state index < -0.39 is 0 Å². The number of nitrogens with zero attached hydrogens (tertiary/aromatic N) is 4. The Kier molecular flexibility index (Phi) is 4.66. The summed E-state index contributed by atoms with van der Waals surface area (Å²) < 4.78 is 2.02. The highest BCUT2D eigenvalue weighted by Gasteiger charge is 2.31. The van der Waals surface area contributed by atoms with Crippen LogP contribution in [-0.2, 0) is 24.1 Å². The first kappa shape index (κ1) is 18.8. The van der Waals surface area contributed by atoms with Gasteiger partial charge < -0.3 is 10.2 Å². The van der Waals surface area contributed by atoms with E-state index >= 15 is 0 Å². The first-order valence-electron chi connectivity index (χ1n) is 11.8. The molecule has 3 heterocycles. The van der Waals surface area contributed by atoms with Crippen LogP contribution in [0.5, 0.6) is 0 Å². The van der Waals surface area contributed by atoms with E-state index in [1.54, 1.807) is 0 Å². The summed E-state index contributed by atoms with van der Waals surface area (Å²) in [6.07, 6.45) is 12.3. The summed E-state index contributed by atoms with van der Waals surface area (Å²) in [5.74, 6) is 1.35. The molecule has 160 valence electrons. The maximum Gasteiger partial charge on any atom is 0.223 e. The third-order valence-corrected chi connectivity index (χ3v) is 7.41. The lowest BCUT2D eigenvalue weighted by Crippen LogP contribution is -2.41. The van der Waals surface area contributed by atoms with Crippen molar-refractivity contribution in [3.8, 4) is 0 Å². The second-order valence-electron chi connectivity index (χ2n) is 9.24. The van der Waals surface area contributed by atoms with Crippen LogP contribution in [0.1, 0.15) is 60.5 Å². The van der Waals surface area contributed by atoms with Gasteiger partial charge in [0.2, 0.25) is 5.91 Å². The zero-order chi connectivity index (χ0) is 20.8. The first-order valence-corrected chi connectivity index (χ1v) is 11.8. The highest BCUT2D eigenvalue weighted by molar-refractivity contribution is 5.80. The van der Waals surface area contributed by atoms with E-state index in [1.165, 1.54) is 40.7 Å². The number of piperidine rings is 1. The van der Waals surface area contributed by atoms with Crippen molar-refractivity contribution in [1.29, 1.82) is 0 Å². The van der Waals surface area contributed by atoms with E-state index in [9.17, 15) is 4.79 Å². The minimum absolute atomic E-state index is 0.0857. The Morgan fingerprint density at radius 2 is 1.87 bits per heavy atom. The van der Waals surface area contributed by atoms with Crippen LogP contribution in [0.2, 0.25) is 0 Å². The van der Waals surface area contributed by atoms with E-state index in [1.807, 2.05) is 16.9 Å². The number of nitrogens with one attached hydrogen (secondary N) is 1. The van der Waals surface area contributed by atoms with Crippen molar-refractivity contribution in [2.45, 2.75) is 57.4 Å². The molecule has 1 aliphatic heterocycles. The van der Waals surface area contributed by atoms with Crippen molar-refractivity contribution in [3.63, 3.8) is 0 Å². The van der Waals surface area contributed by atoms with Gasteiger partial charge >= 0.3 is 0 Å². The molecule has 1 amide bonds. The number of carbonyl (C=O) groups excluding carboxylic acids is 1. The summed E-state index contributed by atoms with van der Waals surface area (Å²) in [6.45, 7) is 1.73. The highest BCUT2D eigenvalue weighted by Crippen LogP contribution is 2.34. The van der Waals surface area contributed by atoms with E-state index in [0.29, 0.717) is 0 Å². The molecular weight excluding hydrogens is 386 g/mol. The molecule has 1 unspecified atom stereocenters. The smallest absolute Gasteiger partial charge is 0.223 e. The van der Waals surface area contributed by atoms with Crippen molar-refractivity contribution in [2.75, 3.05) is 18.0 Å². The van der Waals surface area contributed by atoms with Crippen molar-refractivity contribution >= 4 is 17.2 Å². The SMILES string of the molecule is O=C(NC1CCc2ccccc21)C1CCN(c2nccn3nc4c(c23)CCCC4)CC1. The second-order valence-corrected chi connectivity index (χ2v) is 9.24. The third kappa shape index (κ3) is 3.29. The molecule has 1 N–H and O–H groups in total. The minimum atomic E-state index is 0.0857. The Labute approximate surface area is 182 Å². The molecule has 6 rings (SSSR count). The molecule has 1 fully saturated rings. The summed E-state index contributed by atoms with van der Waals surface area (Å²) in [5.41, 5.74) is 6.49. The highest BCUT2D eigenvalue weighted by atomic mass is 16.2. The molecule has 31 heavy (non-hydrogen) atoms. The topological polar surface area (TPSA) is 62.5 Å². The molecule has 2 aromatic heterocycles. The Morgan fingerprint density at radius 1 is 1.03 bits per heavy atom. The van der Waals surface area contributed by atoms with Gasteiger partial charge in [-0.15, -0.1) is 0 Å². The molecule has 0 bridgehead atoms. The van der Waals surface area contributed by atoms with Crippen LogP contribution in [-0.4, -0.2) is 33.6 Å². The van der Waals surface area contributed by atoms with Crippen molar-refractivity contribution < 1.29 is 4.79 Å². The van der Waals surface area contributed by atoms with Crippen LogP contribution >= 0.6 is 0 Å². The Hall–Kier alpha value is -2.89. The summed E-state index contributed by atoms with van der Waals surface area (Å²) in [5, 5.41) is 8.15. The van der Waals surface area contributed by atoms with Gasteiger partial charge in [0.05, 0.1) is 11.7 Å². The van der Waals surface area contributed by atoms with E-state index in [-0.39, 0.29) is 17.9 Å². The lowest BCUT2D eigenvalue weighted by atomic mass is 9.94. The molecule has 0 spiro atoms. The van der Waals surface area contributed by atoms with Crippen LogP contribution in [0.4, 0.5) is 5.82 Å². The fraction of sp³-hybridized carbons (Fsp3) is 0.480. The largest absolute Gasteiger partial charge is 0.355 e. The van der Waals surface area contributed by atoms with E-state index in [0.717, 1.165) is 57.4 Å². The van der Waals surface area contributed by atoms with Gasteiger partial charge in [-0.1, -0.05) is 24.3 Å². The number of rotatable bonds is 3. The van der Waals surface area contributed by atoms with Gasteiger partial charge in [0.1, 0.15) is 5.52 Å². The van der Waals surface area contributed by atoms with Crippen LogP contribution < -0.4 is 10.2 Å². The molecule has 3 aliphatic rings. The first-order chi connectivity index (χ1) is 15.3. The van der Waals surface area contributed by atoms with Crippen molar-refractivity contribution in [2.24, 2.45) is 5.92 Å². The van der Waals surface area contributed by atoms with Gasteiger partial charge in [0.15, 0.2) is 5.82 Å². The normalized spacial score (nSPS) is 21.2. The summed E-state index contributed by atoms with van der Waals surface area (Å²) in [4.78, 5) is 20.1. The van der Waals surface area contributed by atoms with Gasteiger partial charge in [0, 0.05) is 37.0 Å². The predicted molar refractivity (Wildman–Crippen MR) is 120 cm³/mol. The minimum Gasteiger partial charge on any atom is -0.355 e. The van der Waals surface area contributed by atoms with Crippen LogP contribution in [0.15, 0.2) is 36.7 Å². The lowest BCUT2D eigenvalue weighted by Gasteiger charge is -2.33. The number of hydrogen-bond donors (Lipinski definition) is 1. The average molecular weight is 416 g/mol. The van der Waals surface area contributed by atoms with Crippen molar-refractivity contribution in [3.05, 3.63) is 59.0 Å². The number of anilines is 1. The molecule has 0 radical (unpaired) electrons. The maximum absolute atomic E-state index is 13.0. The molecular formula is C25H29N5O. The van der Waals surface area contributed by atoms with Gasteiger partial charge in [-0.05, 0) is 62.5 Å². The zero-order valence-electron chi connectivity index (χ0n) is 17.9. The number of amides is 1. The molecule has 6 nitrogen and oxygen atoms in total. The molecule has 6 heteroatoms. The Morgan fingerprint density at radius 3 is 2.77 bits per heavy atom. The molecule has 1 aromatic carbocycles. The Bertz CT molecular complexity index is 1130. The van der Waals surface area contributed by atoms with E-state index in [4.69, 9.17) is 10.1 Å². The number of aryl methyl sites for hydroxylation is 3. The van der Waals surface area contributed by atoms with E-state index in [2.05, 4.69) is 34.5 Å². The van der Waals surface area contributed by atoms with Crippen LogP contribution in [0.25, 0.3) is 5.52 Å². The van der Waals surface area contributed by atoms with Gasteiger partial charge in [-0.2, -0.15) is 5.10 Å². The second kappa shape index (κ2) is 7.66. The summed E-state index contributed by atoms with van der Waals surface area (Å²) in [7, 11) is 0. The zero-order valence-corrected chi connectivity index (χ0v) is 17.9. The quantitative estimate of drug-likeness (QED) is 0.710. The summed E-state index contributed by atoms with van der Waals surface area (Å²) in [6, 6.07) is 8.68. The Balaban J connectivity index is 1.15.